The van der Waals surface area contributed by atoms with Gasteiger partial charge in [-0.05, 0) is 70.6 Å². The summed E-state index contributed by atoms with van der Waals surface area (Å²) >= 11 is 6.03. The van der Waals surface area contributed by atoms with Crippen LogP contribution in [0.2, 0.25) is 5.02 Å². The van der Waals surface area contributed by atoms with E-state index in [4.69, 9.17) is 16.3 Å². The van der Waals surface area contributed by atoms with Gasteiger partial charge in [0, 0.05) is 17.5 Å². The van der Waals surface area contributed by atoms with Gasteiger partial charge in [0.2, 0.25) is 0 Å². The summed E-state index contributed by atoms with van der Waals surface area (Å²) in [7, 11) is 0. The molecule has 0 spiro atoms. The second kappa shape index (κ2) is 7.84. The first kappa shape index (κ1) is 19.0. The predicted octanol–water partition coefficient (Wildman–Crippen LogP) is 4.35. The van der Waals surface area contributed by atoms with Crippen molar-refractivity contribution >= 4 is 28.7 Å². The lowest BCUT2D eigenvalue weighted by Crippen LogP contribution is -2.47. The molecular weight excluding hydrogens is 352 g/mol. The number of H-pyrrole nitrogens is 1. The van der Waals surface area contributed by atoms with Gasteiger partial charge in [-0.25, -0.2) is 15.2 Å². The summed E-state index contributed by atoms with van der Waals surface area (Å²) in [5.74, 6) is 1.62. The number of carbonyl (C=O) groups excluding carboxylic acids is 1. The minimum Gasteiger partial charge on any atom is -0.443 e. The van der Waals surface area contributed by atoms with E-state index in [0.29, 0.717) is 5.92 Å². The summed E-state index contributed by atoms with van der Waals surface area (Å²) in [6, 6.07) is 6.01. The van der Waals surface area contributed by atoms with Gasteiger partial charge in [0.25, 0.3) is 0 Å². The molecular formula is C19H27ClN4O2. The topological polar surface area (TPSA) is 79.0 Å². The minimum absolute atomic E-state index is 0.285. The highest BCUT2D eigenvalue weighted by Gasteiger charge is 2.23. The molecule has 0 radical (unpaired) electrons. The average Bonchev–Trinajstić information content (AvgIpc) is 2.94. The number of nitrogens with zero attached hydrogens (tertiary/aromatic N) is 1. The van der Waals surface area contributed by atoms with Crippen LogP contribution in [0.25, 0.3) is 11.0 Å². The second-order valence-corrected chi connectivity index (χ2v) is 8.47. The molecule has 0 unspecified atom stereocenters. The van der Waals surface area contributed by atoms with Gasteiger partial charge >= 0.3 is 6.09 Å². The number of hydrazine groups is 1. The Kier molecular flexibility index (Phi) is 5.73. The molecule has 0 aliphatic heterocycles. The van der Waals surface area contributed by atoms with Gasteiger partial charge in [0.1, 0.15) is 11.4 Å². The fourth-order valence-corrected chi connectivity index (χ4v) is 3.55. The third kappa shape index (κ3) is 5.35. The summed E-state index contributed by atoms with van der Waals surface area (Å²) in [5.41, 5.74) is 7.21. The van der Waals surface area contributed by atoms with Crippen molar-refractivity contribution in [3.63, 3.8) is 0 Å². The first-order valence-electron chi connectivity index (χ1n) is 9.17. The molecule has 0 bridgehead atoms. The lowest BCUT2D eigenvalue weighted by atomic mass is 9.84. The third-order valence-corrected chi connectivity index (χ3v) is 4.83. The van der Waals surface area contributed by atoms with Gasteiger partial charge in [0.05, 0.1) is 11.0 Å². The molecule has 26 heavy (non-hydrogen) atoms. The van der Waals surface area contributed by atoms with Gasteiger partial charge in [-0.2, -0.15) is 0 Å². The van der Waals surface area contributed by atoms with Crippen LogP contribution < -0.4 is 10.9 Å². The largest absolute Gasteiger partial charge is 0.443 e. The van der Waals surface area contributed by atoms with Gasteiger partial charge in [-0.15, -0.1) is 0 Å². The summed E-state index contributed by atoms with van der Waals surface area (Å²) in [5, 5.41) is 0.719. The van der Waals surface area contributed by atoms with E-state index < -0.39 is 11.7 Å². The molecule has 1 aliphatic rings. The number of ether oxygens (including phenoxy) is 1. The zero-order valence-electron chi connectivity index (χ0n) is 15.6. The van der Waals surface area contributed by atoms with Gasteiger partial charge < -0.3 is 9.72 Å². The van der Waals surface area contributed by atoms with E-state index in [1.807, 2.05) is 39.0 Å². The van der Waals surface area contributed by atoms with E-state index >= 15 is 0 Å². The Morgan fingerprint density at radius 3 is 2.73 bits per heavy atom. The first-order chi connectivity index (χ1) is 12.3. The minimum atomic E-state index is -0.486. The van der Waals surface area contributed by atoms with Gasteiger partial charge in [-0.1, -0.05) is 11.6 Å². The Bertz CT molecular complexity index is 760. The fraction of sp³-hybridized carbons (Fsp3) is 0.579. The number of hydrogen-bond acceptors (Lipinski definition) is 4. The third-order valence-electron chi connectivity index (χ3n) is 4.60. The number of hydrogen-bond donors (Lipinski definition) is 3. The number of aromatic nitrogens is 2. The molecule has 1 fully saturated rings. The molecule has 1 heterocycles. The number of aromatic amines is 1. The van der Waals surface area contributed by atoms with Crippen LogP contribution in [-0.2, 0) is 11.2 Å². The van der Waals surface area contributed by atoms with Crippen molar-refractivity contribution in [1.82, 2.24) is 20.8 Å². The second-order valence-electron chi connectivity index (χ2n) is 8.04. The van der Waals surface area contributed by atoms with E-state index in [9.17, 15) is 4.79 Å². The van der Waals surface area contributed by atoms with Crippen molar-refractivity contribution in [3.8, 4) is 0 Å². The van der Waals surface area contributed by atoms with Crippen LogP contribution in [0.3, 0.4) is 0 Å². The Hall–Kier alpha value is -1.79. The van der Waals surface area contributed by atoms with Gasteiger partial charge in [-0.3, -0.25) is 5.43 Å². The maximum Gasteiger partial charge on any atom is 0.422 e. The Morgan fingerprint density at radius 2 is 2.04 bits per heavy atom. The number of rotatable bonds is 4. The van der Waals surface area contributed by atoms with Crippen LogP contribution >= 0.6 is 11.6 Å². The Balaban J connectivity index is 1.44. The summed E-state index contributed by atoms with van der Waals surface area (Å²) < 4.78 is 5.23. The van der Waals surface area contributed by atoms with E-state index in [-0.39, 0.29) is 6.04 Å². The van der Waals surface area contributed by atoms with Crippen LogP contribution in [-0.4, -0.2) is 27.7 Å². The molecule has 1 amide bonds. The number of fused-ring (bicyclic) bond motifs is 1. The zero-order chi connectivity index (χ0) is 18.7. The van der Waals surface area contributed by atoms with Crippen LogP contribution in [0, 0.1) is 5.92 Å². The smallest absolute Gasteiger partial charge is 0.422 e. The predicted molar refractivity (Wildman–Crippen MR) is 103 cm³/mol. The highest BCUT2D eigenvalue weighted by atomic mass is 35.5. The number of nitrogens with one attached hydrogen (secondary N) is 3. The fourth-order valence-electron chi connectivity index (χ4n) is 3.38. The molecule has 1 aromatic heterocycles. The molecule has 142 valence electrons. The van der Waals surface area contributed by atoms with Crippen LogP contribution in [0.4, 0.5) is 4.79 Å². The average molecular weight is 379 g/mol. The van der Waals surface area contributed by atoms with E-state index in [0.717, 1.165) is 54.0 Å². The molecule has 0 saturated heterocycles. The van der Waals surface area contributed by atoms with E-state index in [2.05, 4.69) is 20.8 Å². The van der Waals surface area contributed by atoms with Gasteiger partial charge in [0.15, 0.2) is 0 Å². The lowest BCUT2D eigenvalue weighted by Gasteiger charge is -2.29. The van der Waals surface area contributed by atoms with E-state index in [1.54, 1.807) is 0 Å². The quantitative estimate of drug-likeness (QED) is 0.691. The van der Waals surface area contributed by atoms with Crippen molar-refractivity contribution in [2.45, 2.75) is 64.5 Å². The van der Waals surface area contributed by atoms with Crippen molar-refractivity contribution in [2.75, 3.05) is 0 Å². The van der Waals surface area contributed by atoms with Crippen molar-refractivity contribution < 1.29 is 9.53 Å². The maximum atomic E-state index is 11.7. The van der Waals surface area contributed by atoms with Crippen molar-refractivity contribution in [3.05, 3.63) is 29.0 Å². The van der Waals surface area contributed by atoms with Crippen LogP contribution in [0.5, 0.6) is 0 Å². The first-order valence-corrected chi connectivity index (χ1v) is 9.55. The molecule has 1 saturated carbocycles. The summed E-state index contributed by atoms with van der Waals surface area (Å²) in [6.07, 6.45) is 4.76. The number of amides is 1. The normalized spacial score (nSPS) is 20.9. The Morgan fingerprint density at radius 1 is 1.31 bits per heavy atom. The van der Waals surface area contributed by atoms with E-state index in [1.165, 1.54) is 0 Å². The molecule has 0 atom stereocenters. The molecule has 1 aliphatic carbocycles. The maximum absolute atomic E-state index is 11.7. The summed E-state index contributed by atoms with van der Waals surface area (Å²) in [6.45, 7) is 5.55. The lowest BCUT2D eigenvalue weighted by molar-refractivity contribution is 0.0480. The Labute approximate surface area is 159 Å². The molecule has 3 N–H and O–H groups in total. The molecule has 2 aromatic rings. The van der Waals surface area contributed by atoms with Crippen LogP contribution in [0.15, 0.2) is 18.2 Å². The standard InChI is InChI=1S/C19H27ClN4O2/c1-19(2,3)26-18(25)24-23-14-7-4-12(5-8-14)10-17-21-15-9-6-13(20)11-16(15)22-17/h6,9,11-12,14,23H,4-5,7-8,10H2,1-3H3,(H,21,22)(H,24,25). The van der Waals surface area contributed by atoms with Crippen molar-refractivity contribution in [2.24, 2.45) is 5.92 Å². The van der Waals surface area contributed by atoms with Crippen molar-refractivity contribution in [1.29, 1.82) is 0 Å². The monoisotopic (exact) mass is 378 g/mol. The van der Waals surface area contributed by atoms with Crippen LogP contribution in [0.1, 0.15) is 52.3 Å². The molecule has 6 nitrogen and oxygen atoms in total. The molecule has 3 rings (SSSR count). The zero-order valence-corrected chi connectivity index (χ0v) is 16.3. The molecule has 1 aromatic carbocycles. The number of carbonyl (C=O) groups is 1. The highest BCUT2D eigenvalue weighted by Crippen LogP contribution is 2.27. The summed E-state index contributed by atoms with van der Waals surface area (Å²) in [4.78, 5) is 19.7. The molecule has 7 heteroatoms. The number of imidazole rings is 1. The highest BCUT2D eigenvalue weighted by molar-refractivity contribution is 6.31. The number of halogens is 1. The number of benzene rings is 1. The SMILES string of the molecule is CC(C)(C)OC(=O)NNC1CCC(Cc2nc3ccc(Cl)cc3[nH]2)CC1.